The Morgan fingerprint density at radius 1 is 1.38 bits per heavy atom. The van der Waals surface area contributed by atoms with Gasteiger partial charge in [0.05, 0.1) is 12.1 Å². The van der Waals surface area contributed by atoms with Gasteiger partial charge in [-0.25, -0.2) is 8.78 Å². The standard InChI is InChI=1S/C11H14F2N2O/c1-6(14)11(16)15-7(2)8-4-3-5-9(12)10(8)13/h3-7H,14H2,1-2H3,(H,15,16)/t6-,7?/m1/s1. The van der Waals surface area contributed by atoms with Crippen molar-refractivity contribution in [2.75, 3.05) is 0 Å². The predicted molar refractivity (Wildman–Crippen MR) is 56.6 cm³/mol. The minimum absolute atomic E-state index is 0.106. The Labute approximate surface area is 92.6 Å². The van der Waals surface area contributed by atoms with Crippen molar-refractivity contribution in [3.63, 3.8) is 0 Å². The summed E-state index contributed by atoms with van der Waals surface area (Å²) in [7, 11) is 0. The molecule has 0 aliphatic rings. The first-order valence-corrected chi connectivity index (χ1v) is 4.93. The number of nitrogens with two attached hydrogens (primary N) is 1. The number of rotatable bonds is 3. The van der Waals surface area contributed by atoms with Crippen LogP contribution in [0.3, 0.4) is 0 Å². The van der Waals surface area contributed by atoms with Crippen LogP contribution in [-0.2, 0) is 4.79 Å². The Hall–Kier alpha value is -1.49. The number of hydrogen-bond donors (Lipinski definition) is 2. The molecule has 0 aromatic heterocycles. The largest absolute Gasteiger partial charge is 0.348 e. The molecule has 1 rings (SSSR count). The van der Waals surface area contributed by atoms with Gasteiger partial charge in [-0.2, -0.15) is 0 Å². The van der Waals surface area contributed by atoms with E-state index in [4.69, 9.17) is 5.73 Å². The number of amides is 1. The summed E-state index contributed by atoms with van der Waals surface area (Å²) >= 11 is 0. The zero-order chi connectivity index (χ0) is 12.3. The van der Waals surface area contributed by atoms with Gasteiger partial charge in [-0.15, -0.1) is 0 Å². The molecule has 88 valence electrons. The number of carbonyl (C=O) groups is 1. The first kappa shape index (κ1) is 12.6. The third-order valence-corrected chi connectivity index (χ3v) is 2.22. The predicted octanol–water partition coefficient (Wildman–Crippen LogP) is 1.49. The SMILES string of the molecule is CC(NC(=O)[C@@H](C)N)c1cccc(F)c1F. The fraction of sp³-hybridized carbons (Fsp3) is 0.364. The Balaban J connectivity index is 2.85. The molecule has 5 heteroatoms. The molecule has 1 aromatic carbocycles. The average Bonchev–Trinajstić information content (AvgIpc) is 2.21. The molecule has 0 bridgehead atoms. The molecule has 1 amide bonds. The van der Waals surface area contributed by atoms with Crippen LogP contribution in [0.5, 0.6) is 0 Å². The third kappa shape index (κ3) is 2.76. The van der Waals surface area contributed by atoms with Gasteiger partial charge in [0.2, 0.25) is 5.91 Å². The molecule has 0 spiro atoms. The zero-order valence-electron chi connectivity index (χ0n) is 9.13. The molecule has 0 saturated heterocycles. The highest BCUT2D eigenvalue weighted by Crippen LogP contribution is 2.18. The molecule has 0 radical (unpaired) electrons. The summed E-state index contributed by atoms with van der Waals surface area (Å²) in [6.07, 6.45) is 0. The monoisotopic (exact) mass is 228 g/mol. The van der Waals surface area contributed by atoms with E-state index in [9.17, 15) is 13.6 Å². The summed E-state index contributed by atoms with van der Waals surface area (Å²) < 4.78 is 26.3. The third-order valence-electron chi connectivity index (χ3n) is 2.22. The quantitative estimate of drug-likeness (QED) is 0.823. The Morgan fingerprint density at radius 2 is 2.00 bits per heavy atom. The summed E-state index contributed by atoms with van der Waals surface area (Å²) in [5.41, 5.74) is 5.46. The molecular formula is C11H14F2N2O. The van der Waals surface area contributed by atoms with Crippen molar-refractivity contribution in [3.8, 4) is 0 Å². The van der Waals surface area contributed by atoms with E-state index in [1.54, 1.807) is 6.92 Å². The molecule has 1 unspecified atom stereocenters. The molecule has 0 saturated carbocycles. The highest BCUT2D eigenvalue weighted by molar-refractivity contribution is 5.81. The van der Waals surface area contributed by atoms with E-state index in [-0.39, 0.29) is 5.56 Å². The van der Waals surface area contributed by atoms with Crippen molar-refractivity contribution in [3.05, 3.63) is 35.4 Å². The Bertz CT molecular complexity index is 394. The highest BCUT2D eigenvalue weighted by atomic mass is 19.2. The molecular weight excluding hydrogens is 214 g/mol. The van der Waals surface area contributed by atoms with E-state index in [1.807, 2.05) is 0 Å². The van der Waals surface area contributed by atoms with Crippen LogP contribution in [0.15, 0.2) is 18.2 Å². The fourth-order valence-electron chi connectivity index (χ4n) is 1.28. The Morgan fingerprint density at radius 3 is 2.56 bits per heavy atom. The van der Waals surface area contributed by atoms with Crippen LogP contribution >= 0.6 is 0 Å². The van der Waals surface area contributed by atoms with Crippen LogP contribution < -0.4 is 11.1 Å². The second kappa shape index (κ2) is 5.03. The molecule has 2 atom stereocenters. The number of nitrogens with one attached hydrogen (secondary N) is 1. The van der Waals surface area contributed by atoms with Gasteiger partial charge in [0, 0.05) is 5.56 Å². The van der Waals surface area contributed by atoms with Crippen LogP contribution in [0.2, 0.25) is 0 Å². The molecule has 0 aliphatic carbocycles. The summed E-state index contributed by atoms with van der Waals surface area (Å²) in [6, 6.07) is 2.54. The first-order chi connectivity index (χ1) is 7.43. The minimum atomic E-state index is -0.944. The molecule has 0 aliphatic heterocycles. The van der Waals surface area contributed by atoms with Gasteiger partial charge in [-0.3, -0.25) is 4.79 Å². The van der Waals surface area contributed by atoms with E-state index in [1.165, 1.54) is 19.1 Å². The normalized spacial score (nSPS) is 14.3. The summed E-state index contributed by atoms with van der Waals surface area (Å²) in [4.78, 5) is 11.3. The van der Waals surface area contributed by atoms with Crippen molar-refractivity contribution in [2.45, 2.75) is 25.9 Å². The summed E-state index contributed by atoms with van der Waals surface area (Å²) in [6.45, 7) is 3.09. The van der Waals surface area contributed by atoms with Crippen LogP contribution in [0.1, 0.15) is 25.5 Å². The number of carbonyl (C=O) groups excluding carboxylic acids is 1. The average molecular weight is 228 g/mol. The van der Waals surface area contributed by atoms with Crippen LogP contribution in [0.4, 0.5) is 8.78 Å². The lowest BCUT2D eigenvalue weighted by Crippen LogP contribution is -2.39. The van der Waals surface area contributed by atoms with Gasteiger partial charge >= 0.3 is 0 Å². The molecule has 3 nitrogen and oxygen atoms in total. The maximum absolute atomic E-state index is 13.3. The topological polar surface area (TPSA) is 55.1 Å². The molecule has 16 heavy (non-hydrogen) atoms. The molecule has 0 heterocycles. The lowest BCUT2D eigenvalue weighted by molar-refractivity contribution is -0.122. The van der Waals surface area contributed by atoms with Gasteiger partial charge in [0.1, 0.15) is 0 Å². The fourth-order valence-corrected chi connectivity index (χ4v) is 1.28. The van der Waals surface area contributed by atoms with Gasteiger partial charge in [0.25, 0.3) is 0 Å². The second-order valence-electron chi connectivity index (χ2n) is 3.66. The van der Waals surface area contributed by atoms with Crippen LogP contribution in [-0.4, -0.2) is 11.9 Å². The van der Waals surface area contributed by atoms with Crippen molar-refractivity contribution >= 4 is 5.91 Å². The second-order valence-corrected chi connectivity index (χ2v) is 3.66. The molecule has 0 fully saturated rings. The van der Waals surface area contributed by atoms with Crippen molar-refractivity contribution in [1.82, 2.24) is 5.32 Å². The molecule has 3 N–H and O–H groups in total. The van der Waals surface area contributed by atoms with E-state index >= 15 is 0 Å². The number of halogens is 2. The maximum Gasteiger partial charge on any atom is 0.237 e. The summed E-state index contributed by atoms with van der Waals surface area (Å²) in [5, 5.41) is 2.49. The van der Waals surface area contributed by atoms with Crippen LogP contribution in [0, 0.1) is 11.6 Å². The lowest BCUT2D eigenvalue weighted by Gasteiger charge is -2.16. The van der Waals surface area contributed by atoms with Crippen molar-refractivity contribution < 1.29 is 13.6 Å². The van der Waals surface area contributed by atoms with Gasteiger partial charge < -0.3 is 11.1 Å². The van der Waals surface area contributed by atoms with Crippen molar-refractivity contribution in [1.29, 1.82) is 0 Å². The van der Waals surface area contributed by atoms with Crippen LogP contribution in [0.25, 0.3) is 0 Å². The van der Waals surface area contributed by atoms with Crippen molar-refractivity contribution in [2.24, 2.45) is 5.73 Å². The van der Waals surface area contributed by atoms with E-state index in [0.29, 0.717) is 0 Å². The highest BCUT2D eigenvalue weighted by Gasteiger charge is 2.17. The van der Waals surface area contributed by atoms with E-state index in [0.717, 1.165) is 6.07 Å². The lowest BCUT2D eigenvalue weighted by atomic mass is 10.1. The summed E-state index contributed by atoms with van der Waals surface area (Å²) in [5.74, 6) is -2.28. The van der Waals surface area contributed by atoms with Gasteiger partial charge in [-0.05, 0) is 19.9 Å². The number of benzene rings is 1. The zero-order valence-corrected chi connectivity index (χ0v) is 9.13. The smallest absolute Gasteiger partial charge is 0.237 e. The minimum Gasteiger partial charge on any atom is -0.348 e. The van der Waals surface area contributed by atoms with E-state index in [2.05, 4.69) is 5.32 Å². The van der Waals surface area contributed by atoms with Gasteiger partial charge in [0.15, 0.2) is 11.6 Å². The first-order valence-electron chi connectivity index (χ1n) is 4.93. The maximum atomic E-state index is 13.3. The van der Waals surface area contributed by atoms with E-state index < -0.39 is 29.6 Å². The number of hydrogen-bond acceptors (Lipinski definition) is 2. The van der Waals surface area contributed by atoms with Gasteiger partial charge in [-0.1, -0.05) is 12.1 Å². The molecule has 1 aromatic rings. The Kier molecular flexibility index (Phi) is 3.95.